The minimum atomic E-state index is 0.0143. The van der Waals surface area contributed by atoms with Crippen LogP contribution in [-0.4, -0.2) is 55.0 Å². The number of benzene rings is 3. The van der Waals surface area contributed by atoms with E-state index in [1.807, 2.05) is 42.5 Å². The quantitative estimate of drug-likeness (QED) is 0.502. The third kappa shape index (κ3) is 5.40. The van der Waals surface area contributed by atoms with Gasteiger partial charge in [0.1, 0.15) is 0 Å². The van der Waals surface area contributed by atoms with Gasteiger partial charge in [0, 0.05) is 44.3 Å². The van der Waals surface area contributed by atoms with Gasteiger partial charge in [0.15, 0.2) is 0 Å². The summed E-state index contributed by atoms with van der Waals surface area (Å²) in [6, 6.07) is 27.7. The van der Waals surface area contributed by atoms with Crippen molar-refractivity contribution in [1.29, 1.82) is 0 Å². The molecule has 0 spiro atoms. The standard InChI is InChI=1S/C30H35N3O/c34-30(27-16-14-25(15-17-27)24-8-2-1-3-9-24)31-18-7-19-32-20-22-33(23-21-32)29-13-6-11-26-10-4-5-12-28(26)29/h1-5,8-10,12,14-17,29H,6-7,11,13,18-23H2,(H,31,34). The molecule has 5 rings (SSSR count). The molecule has 1 unspecified atom stereocenters. The maximum atomic E-state index is 12.5. The van der Waals surface area contributed by atoms with Crippen LogP contribution in [0.15, 0.2) is 78.9 Å². The molecule has 1 heterocycles. The Morgan fingerprint density at radius 2 is 1.53 bits per heavy atom. The van der Waals surface area contributed by atoms with E-state index in [0.717, 1.165) is 56.8 Å². The van der Waals surface area contributed by atoms with E-state index in [1.54, 1.807) is 11.1 Å². The molecule has 3 aromatic rings. The fourth-order valence-corrected chi connectivity index (χ4v) is 5.46. The Labute approximate surface area is 203 Å². The number of amides is 1. The molecule has 1 atom stereocenters. The van der Waals surface area contributed by atoms with Gasteiger partial charge >= 0.3 is 0 Å². The molecule has 3 aromatic carbocycles. The monoisotopic (exact) mass is 453 g/mol. The van der Waals surface area contributed by atoms with Crippen LogP contribution in [-0.2, 0) is 6.42 Å². The Kier molecular flexibility index (Phi) is 7.37. The molecule has 4 nitrogen and oxygen atoms in total. The number of rotatable bonds is 7. The van der Waals surface area contributed by atoms with Crippen LogP contribution in [0.4, 0.5) is 0 Å². The minimum absolute atomic E-state index is 0.0143. The number of nitrogens with one attached hydrogen (secondary N) is 1. The second-order valence-electron chi connectivity index (χ2n) is 9.54. The van der Waals surface area contributed by atoms with Crippen LogP contribution < -0.4 is 5.32 Å². The molecule has 1 fully saturated rings. The van der Waals surface area contributed by atoms with Crippen molar-refractivity contribution in [2.75, 3.05) is 39.3 Å². The van der Waals surface area contributed by atoms with E-state index in [0.29, 0.717) is 6.04 Å². The smallest absolute Gasteiger partial charge is 0.251 e. The Morgan fingerprint density at radius 3 is 2.32 bits per heavy atom. The number of carbonyl (C=O) groups excluding carboxylic acids is 1. The van der Waals surface area contributed by atoms with Crippen LogP contribution in [0.25, 0.3) is 11.1 Å². The molecule has 1 N–H and O–H groups in total. The molecule has 176 valence electrons. The van der Waals surface area contributed by atoms with E-state index >= 15 is 0 Å². The average Bonchev–Trinajstić information content (AvgIpc) is 2.91. The maximum absolute atomic E-state index is 12.5. The molecular weight excluding hydrogens is 418 g/mol. The highest BCUT2D eigenvalue weighted by Gasteiger charge is 2.28. The van der Waals surface area contributed by atoms with Crippen molar-refractivity contribution >= 4 is 5.91 Å². The summed E-state index contributed by atoms with van der Waals surface area (Å²) in [6.07, 6.45) is 4.81. The Bertz CT molecular complexity index is 1070. The summed E-state index contributed by atoms with van der Waals surface area (Å²) in [7, 11) is 0. The van der Waals surface area contributed by atoms with Crippen molar-refractivity contribution in [3.8, 4) is 11.1 Å². The van der Waals surface area contributed by atoms with Gasteiger partial charge in [-0.15, -0.1) is 0 Å². The normalized spacial score (nSPS) is 18.9. The summed E-state index contributed by atoms with van der Waals surface area (Å²) in [5.41, 5.74) is 6.13. The van der Waals surface area contributed by atoms with Gasteiger partial charge in [0.25, 0.3) is 5.91 Å². The van der Waals surface area contributed by atoms with Crippen LogP contribution in [0, 0.1) is 0 Å². The molecule has 0 saturated carbocycles. The summed E-state index contributed by atoms with van der Waals surface area (Å²) in [6.45, 7) is 6.27. The second-order valence-corrected chi connectivity index (χ2v) is 9.54. The average molecular weight is 454 g/mol. The lowest BCUT2D eigenvalue weighted by atomic mass is 9.86. The Balaban J connectivity index is 1.03. The largest absolute Gasteiger partial charge is 0.352 e. The fourth-order valence-electron chi connectivity index (χ4n) is 5.46. The summed E-state index contributed by atoms with van der Waals surface area (Å²) >= 11 is 0. The second kappa shape index (κ2) is 11.0. The lowest BCUT2D eigenvalue weighted by Gasteiger charge is -2.41. The van der Waals surface area contributed by atoms with Gasteiger partial charge in [-0.2, -0.15) is 0 Å². The van der Waals surface area contributed by atoms with E-state index in [2.05, 4.69) is 51.5 Å². The van der Waals surface area contributed by atoms with Crippen LogP contribution in [0.3, 0.4) is 0 Å². The van der Waals surface area contributed by atoms with Crippen LogP contribution in [0.1, 0.15) is 46.8 Å². The van der Waals surface area contributed by atoms with Crippen molar-refractivity contribution in [3.63, 3.8) is 0 Å². The van der Waals surface area contributed by atoms with Gasteiger partial charge in [0.05, 0.1) is 0 Å². The van der Waals surface area contributed by atoms with Crippen molar-refractivity contribution in [3.05, 3.63) is 95.6 Å². The maximum Gasteiger partial charge on any atom is 0.251 e. The van der Waals surface area contributed by atoms with Crippen LogP contribution in [0.5, 0.6) is 0 Å². The first-order valence-corrected chi connectivity index (χ1v) is 12.8. The van der Waals surface area contributed by atoms with E-state index in [-0.39, 0.29) is 5.91 Å². The molecule has 0 bridgehead atoms. The van der Waals surface area contributed by atoms with Gasteiger partial charge < -0.3 is 10.2 Å². The first-order valence-electron chi connectivity index (χ1n) is 12.8. The lowest BCUT2D eigenvalue weighted by Crippen LogP contribution is -2.48. The predicted molar refractivity (Wildman–Crippen MR) is 139 cm³/mol. The number of hydrogen-bond acceptors (Lipinski definition) is 3. The summed E-state index contributed by atoms with van der Waals surface area (Å²) < 4.78 is 0. The minimum Gasteiger partial charge on any atom is -0.352 e. The van der Waals surface area contributed by atoms with E-state index in [1.165, 1.54) is 24.8 Å². The zero-order valence-electron chi connectivity index (χ0n) is 20.0. The molecule has 1 aliphatic heterocycles. The molecule has 1 amide bonds. The van der Waals surface area contributed by atoms with Crippen LogP contribution >= 0.6 is 0 Å². The molecule has 0 aromatic heterocycles. The third-order valence-corrected chi connectivity index (χ3v) is 7.38. The molecule has 2 aliphatic rings. The molecule has 4 heteroatoms. The summed E-state index contributed by atoms with van der Waals surface area (Å²) in [5, 5.41) is 3.09. The molecule has 1 saturated heterocycles. The van der Waals surface area contributed by atoms with Gasteiger partial charge in [-0.3, -0.25) is 9.69 Å². The van der Waals surface area contributed by atoms with Gasteiger partial charge in [0.2, 0.25) is 0 Å². The van der Waals surface area contributed by atoms with Crippen molar-refractivity contribution < 1.29 is 4.79 Å². The Hall–Kier alpha value is -2.95. The predicted octanol–water partition coefficient (Wildman–Crippen LogP) is 5.17. The zero-order valence-corrected chi connectivity index (χ0v) is 20.0. The number of hydrogen-bond donors (Lipinski definition) is 1. The fraction of sp³-hybridized carbons (Fsp3) is 0.367. The SMILES string of the molecule is O=C(NCCCN1CCN(C2CCCc3ccccc32)CC1)c1ccc(-c2ccccc2)cc1. The number of piperazine rings is 1. The van der Waals surface area contributed by atoms with Gasteiger partial charge in [-0.1, -0.05) is 66.7 Å². The van der Waals surface area contributed by atoms with Crippen molar-refractivity contribution in [2.24, 2.45) is 0 Å². The van der Waals surface area contributed by atoms with Gasteiger partial charge in [-0.25, -0.2) is 0 Å². The molecular formula is C30H35N3O. The number of nitrogens with zero attached hydrogens (tertiary/aromatic N) is 2. The highest BCUT2D eigenvalue weighted by atomic mass is 16.1. The topological polar surface area (TPSA) is 35.6 Å². The number of fused-ring (bicyclic) bond motifs is 1. The third-order valence-electron chi connectivity index (χ3n) is 7.38. The summed E-state index contributed by atoms with van der Waals surface area (Å²) in [5.74, 6) is 0.0143. The molecule has 0 radical (unpaired) electrons. The Morgan fingerprint density at radius 1 is 0.824 bits per heavy atom. The van der Waals surface area contributed by atoms with E-state index < -0.39 is 0 Å². The highest BCUT2D eigenvalue weighted by molar-refractivity contribution is 5.94. The van der Waals surface area contributed by atoms with Crippen molar-refractivity contribution in [2.45, 2.75) is 31.7 Å². The summed E-state index contributed by atoms with van der Waals surface area (Å²) in [4.78, 5) is 17.8. The first-order chi connectivity index (χ1) is 16.8. The number of aryl methyl sites for hydroxylation is 1. The van der Waals surface area contributed by atoms with E-state index in [4.69, 9.17) is 0 Å². The lowest BCUT2D eigenvalue weighted by molar-refractivity contribution is 0.0861. The molecule has 1 aliphatic carbocycles. The van der Waals surface area contributed by atoms with E-state index in [9.17, 15) is 4.79 Å². The van der Waals surface area contributed by atoms with Crippen LogP contribution in [0.2, 0.25) is 0 Å². The zero-order chi connectivity index (χ0) is 23.2. The first kappa shape index (κ1) is 22.8. The highest BCUT2D eigenvalue weighted by Crippen LogP contribution is 2.34. The number of carbonyl (C=O) groups is 1. The molecule has 34 heavy (non-hydrogen) atoms. The van der Waals surface area contributed by atoms with Gasteiger partial charge in [-0.05, 0) is 66.6 Å². The van der Waals surface area contributed by atoms with Crippen molar-refractivity contribution in [1.82, 2.24) is 15.1 Å².